The van der Waals surface area contributed by atoms with Crippen LogP contribution in [0, 0.1) is 0 Å². The molecule has 0 radical (unpaired) electrons. The predicted molar refractivity (Wildman–Crippen MR) is 270 cm³/mol. The van der Waals surface area contributed by atoms with Gasteiger partial charge in [0.1, 0.15) is 23.0 Å². The number of hydrogen-bond donors (Lipinski definition) is 0. The van der Waals surface area contributed by atoms with Crippen LogP contribution in [0.1, 0.15) is 13.3 Å². The Morgan fingerprint density at radius 1 is 0.441 bits per heavy atom. The molecule has 68 heavy (non-hydrogen) atoms. The van der Waals surface area contributed by atoms with Gasteiger partial charge < -0.3 is 37.9 Å². The third-order valence-electron chi connectivity index (χ3n) is 12.4. The van der Waals surface area contributed by atoms with E-state index >= 15 is 0 Å². The van der Waals surface area contributed by atoms with E-state index < -0.39 is 15.4 Å². The number of ether oxygens (including phenoxy) is 4. The Hall–Kier alpha value is -6.73. The Kier molecular flexibility index (Phi) is 14.5. The normalized spacial score (nSPS) is 11.7. The van der Waals surface area contributed by atoms with E-state index in [0.29, 0.717) is 6.54 Å². The first kappa shape index (κ1) is 47.8. The first-order chi connectivity index (χ1) is 32.5. The fourth-order valence-electron chi connectivity index (χ4n) is 8.58. The Morgan fingerprint density at radius 3 is 0.971 bits per heavy atom. The summed E-state index contributed by atoms with van der Waals surface area (Å²) in [6.45, 7) is 1.85. The van der Waals surface area contributed by atoms with E-state index in [1.54, 1.807) is 28.4 Å². The molecule has 12 heteroatoms. The molecule has 0 amide bonds. The first-order valence-electron chi connectivity index (χ1n) is 21.9. The van der Waals surface area contributed by atoms with Crippen molar-refractivity contribution in [2.24, 2.45) is 0 Å². The molecular formula is C56H50N3NaO7S. The van der Waals surface area contributed by atoms with Crippen LogP contribution >= 0.6 is 0 Å². The summed E-state index contributed by atoms with van der Waals surface area (Å²) in [6.07, 6.45) is 0.189. The van der Waals surface area contributed by atoms with Gasteiger partial charge in [0.25, 0.3) is 0 Å². The van der Waals surface area contributed by atoms with Gasteiger partial charge in [-0.05, 0) is 181 Å². The minimum absolute atomic E-state index is 0. The maximum atomic E-state index is 12.0. The first-order valence-corrected chi connectivity index (χ1v) is 23.4. The standard InChI is InChI=1S/C56H51N3O7S.Na/c1-38(67(60,61)62)34-35-57-55-32-10-41(39-6-12-43(13-7-39)58(45-16-24-49(63-2)25-17-45)46-18-26-50(64-3)27-19-46)36-53(55)54-37-42(11-33-56(54)57)40-8-14-44(15-9-40)59(47-20-28-51(65-4)29-21-47)48-22-30-52(66-5)31-23-48;/h6-33,36-38H,34-35H2,1-5H3,(H,60,61,62);/q;+1/p-1. The van der Waals surface area contributed by atoms with Gasteiger partial charge >= 0.3 is 29.6 Å². The number of nitrogens with zero attached hydrogens (tertiary/aromatic N) is 3. The number of aromatic nitrogens is 1. The van der Waals surface area contributed by atoms with Crippen LogP contribution in [0.5, 0.6) is 23.0 Å². The molecule has 0 aliphatic rings. The molecule has 8 aromatic carbocycles. The molecule has 1 atom stereocenters. The molecule has 0 saturated heterocycles. The SMILES string of the molecule is COc1ccc(N(c2ccc(OC)cc2)c2ccc(-c3ccc4c(c3)c3cc(-c5ccc(N(c6ccc(OC)cc6)c6ccc(OC)cc6)cc5)ccc3n4CCC(C)S(=O)(=O)[O-])cc2)cc1.[Na+]. The molecule has 9 aromatic rings. The molecule has 0 N–H and O–H groups in total. The zero-order valence-electron chi connectivity index (χ0n) is 38.9. The summed E-state index contributed by atoms with van der Waals surface area (Å²) in [4.78, 5) is 4.37. The smallest absolute Gasteiger partial charge is 0.748 e. The summed E-state index contributed by atoms with van der Waals surface area (Å²) >= 11 is 0. The summed E-state index contributed by atoms with van der Waals surface area (Å²) < 4.78 is 59.9. The van der Waals surface area contributed by atoms with Crippen molar-refractivity contribution in [1.29, 1.82) is 0 Å². The average Bonchev–Trinajstić information content (AvgIpc) is 3.68. The quantitative estimate of drug-likeness (QED) is 0.0692. The van der Waals surface area contributed by atoms with Gasteiger partial charge in [0.05, 0.1) is 38.6 Å². The minimum Gasteiger partial charge on any atom is -0.748 e. The summed E-state index contributed by atoms with van der Waals surface area (Å²) in [5, 5.41) is 1.02. The Balaban J connectivity index is 0.00000625. The Labute approximate surface area is 419 Å². The van der Waals surface area contributed by atoms with Crippen molar-refractivity contribution < 1.29 is 61.5 Å². The van der Waals surface area contributed by atoms with E-state index in [0.717, 1.165) is 101 Å². The third kappa shape index (κ3) is 9.94. The van der Waals surface area contributed by atoms with Crippen LogP contribution in [0.2, 0.25) is 0 Å². The Bertz CT molecular complexity index is 2960. The van der Waals surface area contributed by atoms with Gasteiger partial charge in [0, 0.05) is 67.7 Å². The van der Waals surface area contributed by atoms with E-state index in [1.807, 2.05) is 97.1 Å². The predicted octanol–water partition coefficient (Wildman–Crippen LogP) is 10.4. The average molecular weight is 932 g/mol. The van der Waals surface area contributed by atoms with Gasteiger partial charge in [-0.2, -0.15) is 0 Å². The molecule has 338 valence electrons. The topological polar surface area (TPSA) is 106 Å². The number of anilines is 6. The van der Waals surface area contributed by atoms with E-state index in [2.05, 4.69) is 99.3 Å². The van der Waals surface area contributed by atoms with Crippen LogP contribution in [-0.2, 0) is 16.7 Å². The fraction of sp³-hybridized carbons (Fsp3) is 0.143. The number of fused-ring (bicyclic) bond motifs is 3. The van der Waals surface area contributed by atoms with Gasteiger partial charge in [-0.1, -0.05) is 36.4 Å². The molecular weight excluding hydrogens is 882 g/mol. The van der Waals surface area contributed by atoms with Crippen molar-refractivity contribution in [1.82, 2.24) is 4.57 Å². The van der Waals surface area contributed by atoms with E-state index in [-0.39, 0.29) is 36.0 Å². The molecule has 0 aliphatic carbocycles. The van der Waals surface area contributed by atoms with Crippen molar-refractivity contribution in [3.8, 4) is 45.3 Å². The number of aryl methyl sites for hydroxylation is 1. The van der Waals surface area contributed by atoms with Gasteiger partial charge in [-0.3, -0.25) is 0 Å². The summed E-state index contributed by atoms with van der Waals surface area (Å²) in [5.41, 5.74) is 11.9. The van der Waals surface area contributed by atoms with Crippen molar-refractivity contribution in [2.75, 3.05) is 38.2 Å². The number of benzene rings is 8. The maximum Gasteiger partial charge on any atom is 1.00 e. The number of methoxy groups -OCH3 is 4. The molecule has 0 saturated carbocycles. The Morgan fingerprint density at radius 2 is 0.706 bits per heavy atom. The largest absolute Gasteiger partial charge is 1.00 e. The van der Waals surface area contributed by atoms with Crippen molar-refractivity contribution in [2.45, 2.75) is 25.1 Å². The molecule has 0 fully saturated rings. The van der Waals surface area contributed by atoms with Crippen LogP contribution in [0.4, 0.5) is 34.1 Å². The van der Waals surface area contributed by atoms with Crippen LogP contribution in [-0.4, -0.2) is 51.2 Å². The maximum absolute atomic E-state index is 12.0. The van der Waals surface area contributed by atoms with Gasteiger partial charge in [0.15, 0.2) is 0 Å². The van der Waals surface area contributed by atoms with Crippen LogP contribution in [0.3, 0.4) is 0 Å². The van der Waals surface area contributed by atoms with E-state index in [9.17, 15) is 13.0 Å². The summed E-state index contributed by atoms with van der Waals surface area (Å²) in [7, 11) is 2.20. The van der Waals surface area contributed by atoms with Gasteiger partial charge in [0.2, 0.25) is 0 Å². The van der Waals surface area contributed by atoms with Crippen LogP contribution in [0.25, 0.3) is 44.1 Å². The minimum atomic E-state index is -4.44. The van der Waals surface area contributed by atoms with Crippen molar-refractivity contribution in [3.63, 3.8) is 0 Å². The van der Waals surface area contributed by atoms with Crippen LogP contribution < -0.4 is 58.3 Å². The molecule has 10 nitrogen and oxygen atoms in total. The molecule has 9 rings (SSSR count). The fourth-order valence-corrected chi connectivity index (χ4v) is 8.98. The van der Waals surface area contributed by atoms with Gasteiger partial charge in [-0.25, -0.2) is 8.42 Å². The number of hydrogen-bond acceptors (Lipinski definition) is 9. The van der Waals surface area contributed by atoms with Crippen molar-refractivity contribution in [3.05, 3.63) is 182 Å². The third-order valence-corrected chi connectivity index (χ3v) is 13.6. The molecule has 1 aromatic heterocycles. The molecule has 0 spiro atoms. The zero-order valence-corrected chi connectivity index (χ0v) is 41.7. The van der Waals surface area contributed by atoms with Crippen LogP contribution in [0.15, 0.2) is 182 Å². The second kappa shape index (κ2) is 20.6. The molecule has 0 aliphatic heterocycles. The van der Waals surface area contributed by atoms with Crippen molar-refractivity contribution >= 4 is 66.0 Å². The second-order valence-electron chi connectivity index (χ2n) is 16.3. The second-order valence-corrected chi connectivity index (χ2v) is 18.1. The molecule has 1 heterocycles. The van der Waals surface area contributed by atoms with E-state index in [1.165, 1.54) is 6.92 Å². The molecule has 0 bridgehead atoms. The summed E-state index contributed by atoms with van der Waals surface area (Å²) in [5.74, 6) is 3.11. The number of rotatable bonds is 16. The molecule has 1 unspecified atom stereocenters. The monoisotopic (exact) mass is 931 g/mol. The van der Waals surface area contributed by atoms with Gasteiger partial charge in [-0.15, -0.1) is 0 Å². The zero-order chi connectivity index (χ0) is 46.7. The summed E-state index contributed by atoms with van der Waals surface area (Å²) in [6, 6.07) is 61.7. The van der Waals surface area contributed by atoms with E-state index in [4.69, 9.17) is 18.9 Å².